The van der Waals surface area contributed by atoms with Gasteiger partial charge in [-0.25, -0.2) is 0 Å². The maximum Gasteiger partial charge on any atom is 0.0734 e. The van der Waals surface area contributed by atoms with E-state index in [1.54, 1.807) is 0 Å². The van der Waals surface area contributed by atoms with E-state index in [-0.39, 0.29) is 0 Å². The Labute approximate surface area is 92.2 Å². The van der Waals surface area contributed by atoms with E-state index in [0.29, 0.717) is 12.2 Å². The molecule has 0 aromatic carbocycles. The zero-order valence-corrected chi connectivity index (χ0v) is 9.65. The molecule has 0 amide bonds. The van der Waals surface area contributed by atoms with Gasteiger partial charge in [-0.3, -0.25) is 0 Å². The smallest absolute Gasteiger partial charge is 0.0734 e. The standard InChI is InChI=1S/C14H20O/c1-9-5-10(2)15-14(6-9)13-8-11-3-4-12(13)7-11/h3-5,10-14H,6-8H2,1-2H3. The summed E-state index contributed by atoms with van der Waals surface area (Å²) < 4.78 is 6.08. The summed E-state index contributed by atoms with van der Waals surface area (Å²) >= 11 is 0. The molecule has 3 aliphatic rings. The van der Waals surface area contributed by atoms with Crippen LogP contribution in [0, 0.1) is 17.8 Å². The van der Waals surface area contributed by atoms with Gasteiger partial charge in [0.05, 0.1) is 12.2 Å². The zero-order chi connectivity index (χ0) is 10.4. The van der Waals surface area contributed by atoms with Crippen molar-refractivity contribution in [1.29, 1.82) is 0 Å². The number of hydrogen-bond donors (Lipinski definition) is 0. The molecule has 1 heterocycles. The molecule has 0 saturated heterocycles. The van der Waals surface area contributed by atoms with Gasteiger partial charge in [0.15, 0.2) is 0 Å². The summed E-state index contributed by atoms with van der Waals surface area (Å²) in [5.74, 6) is 2.48. The molecule has 1 aliphatic heterocycles. The number of hydrogen-bond acceptors (Lipinski definition) is 1. The Bertz CT molecular complexity index is 315. The lowest BCUT2D eigenvalue weighted by Crippen LogP contribution is -2.33. The SMILES string of the molecule is CC1=CC(C)OC(C2CC3C=CC2C3)C1. The molecular weight excluding hydrogens is 184 g/mol. The van der Waals surface area contributed by atoms with Crippen LogP contribution in [0.4, 0.5) is 0 Å². The molecule has 1 fully saturated rings. The van der Waals surface area contributed by atoms with Crippen molar-refractivity contribution in [3.8, 4) is 0 Å². The van der Waals surface area contributed by atoms with Crippen molar-refractivity contribution in [2.75, 3.05) is 0 Å². The van der Waals surface area contributed by atoms with Crippen LogP contribution in [0.15, 0.2) is 23.8 Å². The molecule has 3 rings (SSSR count). The van der Waals surface area contributed by atoms with Gasteiger partial charge in [-0.05, 0) is 50.9 Å². The first-order valence-corrected chi connectivity index (χ1v) is 6.23. The summed E-state index contributed by atoms with van der Waals surface area (Å²) in [5, 5.41) is 0. The van der Waals surface area contributed by atoms with E-state index in [4.69, 9.17) is 4.74 Å². The minimum Gasteiger partial charge on any atom is -0.371 e. The molecule has 0 aromatic rings. The summed E-state index contributed by atoms with van der Waals surface area (Å²) in [7, 11) is 0. The van der Waals surface area contributed by atoms with Gasteiger partial charge in [0.25, 0.3) is 0 Å². The van der Waals surface area contributed by atoms with Crippen molar-refractivity contribution >= 4 is 0 Å². The highest BCUT2D eigenvalue weighted by molar-refractivity contribution is 5.15. The highest BCUT2D eigenvalue weighted by Crippen LogP contribution is 2.47. The summed E-state index contributed by atoms with van der Waals surface area (Å²) in [5.41, 5.74) is 1.52. The molecule has 15 heavy (non-hydrogen) atoms. The Balaban J connectivity index is 1.74. The average molecular weight is 204 g/mol. The Morgan fingerprint density at radius 2 is 2.13 bits per heavy atom. The van der Waals surface area contributed by atoms with Crippen molar-refractivity contribution in [1.82, 2.24) is 0 Å². The van der Waals surface area contributed by atoms with Crippen LogP contribution in [-0.2, 0) is 4.74 Å². The summed E-state index contributed by atoms with van der Waals surface area (Å²) in [6.07, 6.45) is 11.8. The Morgan fingerprint density at radius 3 is 2.73 bits per heavy atom. The molecule has 2 bridgehead atoms. The molecule has 82 valence electrons. The number of fused-ring (bicyclic) bond motifs is 2. The van der Waals surface area contributed by atoms with Crippen LogP contribution in [-0.4, -0.2) is 12.2 Å². The van der Waals surface area contributed by atoms with Crippen molar-refractivity contribution in [3.63, 3.8) is 0 Å². The monoisotopic (exact) mass is 204 g/mol. The van der Waals surface area contributed by atoms with Gasteiger partial charge in [-0.2, -0.15) is 0 Å². The van der Waals surface area contributed by atoms with Gasteiger partial charge in [0, 0.05) is 0 Å². The lowest BCUT2D eigenvalue weighted by atomic mass is 9.84. The van der Waals surface area contributed by atoms with Crippen molar-refractivity contribution in [3.05, 3.63) is 23.8 Å². The fourth-order valence-electron chi connectivity index (χ4n) is 3.65. The summed E-state index contributed by atoms with van der Waals surface area (Å²) in [6.45, 7) is 4.41. The second kappa shape index (κ2) is 3.48. The topological polar surface area (TPSA) is 9.23 Å². The van der Waals surface area contributed by atoms with Crippen molar-refractivity contribution in [2.24, 2.45) is 17.8 Å². The average Bonchev–Trinajstić information content (AvgIpc) is 2.76. The predicted octanol–water partition coefficient (Wildman–Crippen LogP) is 3.32. The second-order valence-electron chi connectivity index (χ2n) is 5.54. The van der Waals surface area contributed by atoms with E-state index < -0.39 is 0 Å². The maximum atomic E-state index is 6.08. The number of ether oxygens (including phenoxy) is 1. The van der Waals surface area contributed by atoms with Gasteiger partial charge >= 0.3 is 0 Å². The van der Waals surface area contributed by atoms with Crippen molar-refractivity contribution in [2.45, 2.75) is 45.3 Å². The van der Waals surface area contributed by atoms with Crippen LogP contribution in [0.1, 0.15) is 33.1 Å². The zero-order valence-electron chi connectivity index (χ0n) is 9.65. The maximum absolute atomic E-state index is 6.08. The quantitative estimate of drug-likeness (QED) is 0.595. The third-order valence-electron chi connectivity index (χ3n) is 4.24. The number of allylic oxidation sites excluding steroid dienone is 2. The normalized spacial score (nSPS) is 48.4. The first kappa shape index (κ1) is 9.65. The minimum absolute atomic E-state index is 0.326. The van der Waals surface area contributed by atoms with Gasteiger partial charge < -0.3 is 4.74 Å². The second-order valence-corrected chi connectivity index (χ2v) is 5.54. The fourth-order valence-corrected chi connectivity index (χ4v) is 3.65. The van der Waals surface area contributed by atoms with E-state index in [1.165, 1.54) is 18.4 Å². The van der Waals surface area contributed by atoms with Crippen LogP contribution < -0.4 is 0 Å². The Kier molecular flexibility index (Phi) is 2.24. The van der Waals surface area contributed by atoms with Crippen LogP contribution in [0.3, 0.4) is 0 Å². The van der Waals surface area contributed by atoms with Crippen LogP contribution in [0.5, 0.6) is 0 Å². The minimum atomic E-state index is 0.326. The molecular formula is C14H20O. The highest BCUT2D eigenvalue weighted by Gasteiger charge is 2.41. The largest absolute Gasteiger partial charge is 0.371 e. The molecule has 1 nitrogen and oxygen atoms in total. The molecule has 1 saturated carbocycles. The first-order valence-electron chi connectivity index (χ1n) is 6.23. The van der Waals surface area contributed by atoms with Gasteiger partial charge in [0.1, 0.15) is 0 Å². The fraction of sp³-hybridized carbons (Fsp3) is 0.714. The third-order valence-corrected chi connectivity index (χ3v) is 4.24. The first-order chi connectivity index (χ1) is 7.22. The van der Waals surface area contributed by atoms with E-state index in [2.05, 4.69) is 32.1 Å². The summed E-state index contributed by atoms with van der Waals surface area (Å²) in [6, 6.07) is 0. The molecule has 1 heteroatoms. The van der Waals surface area contributed by atoms with Crippen LogP contribution in [0.25, 0.3) is 0 Å². The molecule has 0 N–H and O–H groups in total. The lowest BCUT2D eigenvalue weighted by Gasteiger charge is -2.33. The molecule has 0 aromatic heterocycles. The van der Waals surface area contributed by atoms with Crippen molar-refractivity contribution < 1.29 is 4.74 Å². The highest BCUT2D eigenvalue weighted by atomic mass is 16.5. The number of rotatable bonds is 1. The Morgan fingerprint density at radius 1 is 1.27 bits per heavy atom. The van der Waals surface area contributed by atoms with Gasteiger partial charge in [0.2, 0.25) is 0 Å². The van der Waals surface area contributed by atoms with Crippen LogP contribution in [0.2, 0.25) is 0 Å². The van der Waals surface area contributed by atoms with Gasteiger partial charge in [-0.1, -0.05) is 23.8 Å². The van der Waals surface area contributed by atoms with E-state index >= 15 is 0 Å². The lowest BCUT2D eigenvalue weighted by molar-refractivity contribution is -0.0294. The molecule has 0 radical (unpaired) electrons. The third kappa shape index (κ3) is 1.67. The van der Waals surface area contributed by atoms with E-state index in [9.17, 15) is 0 Å². The van der Waals surface area contributed by atoms with Crippen LogP contribution >= 0.6 is 0 Å². The molecule has 2 aliphatic carbocycles. The van der Waals surface area contributed by atoms with E-state index in [1.807, 2.05) is 0 Å². The predicted molar refractivity (Wildman–Crippen MR) is 61.6 cm³/mol. The molecule has 5 atom stereocenters. The van der Waals surface area contributed by atoms with Gasteiger partial charge in [-0.15, -0.1) is 0 Å². The molecule has 0 spiro atoms. The Hall–Kier alpha value is -0.560. The van der Waals surface area contributed by atoms with E-state index in [0.717, 1.165) is 24.2 Å². The summed E-state index contributed by atoms with van der Waals surface area (Å²) in [4.78, 5) is 0. The molecule has 5 unspecified atom stereocenters.